The second-order valence-electron chi connectivity index (χ2n) is 10.2. The van der Waals surface area contributed by atoms with Crippen molar-refractivity contribution in [2.75, 3.05) is 72.5 Å². The van der Waals surface area contributed by atoms with Crippen LogP contribution < -0.4 is 37.9 Å². The van der Waals surface area contributed by atoms with E-state index in [1.807, 2.05) is 4.90 Å². The van der Waals surface area contributed by atoms with Crippen molar-refractivity contribution in [3.63, 3.8) is 0 Å². The van der Waals surface area contributed by atoms with Gasteiger partial charge in [0.25, 0.3) is 34.4 Å². The molecule has 0 aliphatic carbocycles. The van der Waals surface area contributed by atoms with E-state index in [2.05, 4.69) is 26.2 Å². The number of nitrogens with one attached hydrogen (secondary N) is 4. The average molecular weight is 658 g/mol. The number of amides is 3. The van der Waals surface area contributed by atoms with Crippen LogP contribution in [0.2, 0.25) is 0 Å². The lowest BCUT2D eigenvalue weighted by Crippen LogP contribution is -2.45. The summed E-state index contributed by atoms with van der Waals surface area (Å²) < 4.78 is 0.782. The van der Waals surface area contributed by atoms with E-state index >= 15 is 0 Å². The summed E-state index contributed by atoms with van der Waals surface area (Å²) in [6, 6.07) is 11.3. The fourth-order valence-corrected chi connectivity index (χ4v) is 4.44. The molecule has 254 valence electrons. The maximum atomic E-state index is 12.6. The Morgan fingerprint density at radius 1 is 0.532 bits per heavy atom. The summed E-state index contributed by atoms with van der Waals surface area (Å²) >= 11 is 0. The number of rotatable bonds is 18. The Hall–Kier alpha value is -5.46. The predicted molar refractivity (Wildman–Crippen MR) is 167 cm³/mol. The van der Waals surface area contributed by atoms with Crippen molar-refractivity contribution in [3.05, 3.63) is 103 Å². The molecule has 3 amide bonds. The largest absolute Gasteiger partial charge is 0.425 e. The second kappa shape index (κ2) is 17.9. The number of pyridine rings is 3. The van der Waals surface area contributed by atoms with Crippen LogP contribution in [-0.4, -0.2) is 130 Å². The number of carbonyl (C=O) groups is 3. The zero-order valence-corrected chi connectivity index (χ0v) is 25.8. The number of aromatic nitrogens is 3. The molecule has 3 rings (SSSR count). The summed E-state index contributed by atoms with van der Waals surface area (Å²) in [6.45, 7) is 3.66. The van der Waals surface area contributed by atoms with E-state index in [9.17, 15) is 44.4 Å². The van der Waals surface area contributed by atoms with Gasteiger partial charge in [-0.3, -0.25) is 38.6 Å². The SMILES string of the molecule is CNCCN(CCNC(=O)c1cccc(=O)n1O)CCN(CCNC(=O)c1cccc(=O)n1O)CCNC(=O)c1cccc(=O)n1O. The minimum absolute atomic E-state index is 0.122. The van der Waals surface area contributed by atoms with Gasteiger partial charge in [0.1, 0.15) is 17.1 Å². The van der Waals surface area contributed by atoms with Crippen molar-refractivity contribution in [1.82, 2.24) is 45.3 Å². The van der Waals surface area contributed by atoms with E-state index in [4.69, 9.17) is 0 Å². The van der Waals surface area contributed by atoms with Crippen molar-refractivity contribution >= 4 is 17.7 Å². The summed E-state index contributed by atoms with van der Waals surface area (Å²) in [6.07, 6.45) is 0. The van der Waals surface area contributed by atoms with Crippen molar-refractivity contribution < 1.29 is 30.0 Å². The highest BCUT2D eigenvalue weighted by Gasteiger charge is 2.16. The van der Waals surface area contributed by atoms with Crippen LogP contribution in [0.3, 0.4) is 0 Å². The number of hydrogen-bond donors (Lipinski definition) is 7. The van der Waals surface area contributed by atoms with Crippen molar-refractivity contribution in [2.24, 2.45) is 0 Å². The van der Waals surface area contributed by atoms with Gasteiger partial charge in [-0.1, -0.05) is 18.2 Å². The number of likely N-dealkylation sites (N-methyl/N-ethyl adjacent to an activating group) is 1. The molecule has 0 aromatic carbocycles. The first-order valence-corrected chi connectivity index (χ1v) is 14.7. The maximum absolute atomic E-state index is 12.6. The summed E-state index contributed by atoms with van der Waals surface area (Å²) in [5.41, 5.74) is -2.91. The first-order valence-electron chi connectivity index (χ1n) is 14.7. The van der Waals surface area contributed by atoms with Gasteiger partial charge in [-0.25, -0.2) is 0 Å². The van der Waals surface area contributed by atoms with Crippen LogP contribution in [-0.2, 0) is 0 Å². The Balaban J connectivity index is 1.61. The highest BCUT2D eigenvalue weighted by atomic mass is 16.5. The molecule has 0 atom stereocenters. The van der Waals surface area contributed by atoms with Gasteiger partial charge in [0.2, 0.25) is 0 Å². The van der Waals surface area contributed by atoms with Gasteiger partial charge in [-0.15, -0.1) is 14.2 Å². The molecule has 0 fully saturated rings. The van der Waals surface area contributed by atoms with Gasteiger partial charge in [-0.2, -0.15) is 0 Å². The summed E-state index contributed by atoms with van der Waals surface area (Å²) in [5.74, 6) is -1.95. The number of nitrogens with zero attached hydrogens (tertiary/aromatic N) is 5. The Kier molecular flexibility index (Phi) is 13.7. The molecular weight excluding hydrogens is 618 g/mol. The molecule has 0 bridgehead atoms. The highest BCUT2D eigenvalue weighted by molar-refractivity contribution is 5.93. The summed E-state index contributed by atoms with van der Waals surface area (Å²) in [7, 11) is 1.80. The van der Waals surface area contributed by atoms with Gasteiger partial charge in [0, 0.05) is 83.6 Å². The maximum Gasteiger partial charge on any atom is 0.283 e. The molecule has 0 saturated heterocycles. The minimum Gasteiger partial charge on any atom is -0.425 e. The van der Waals surface area contributed by atoms with Gasteiger partial charge in [0.05, 0.1) is 0 Å². The van der Waals surface area contributed by atoms with Crippen molar-refractivity contribution in [1.29, 1.82) is 0 Å². The van der Waals surface area contributed by atoms with Crippen molar-refractivity contribution in [3.8, 4) is 0 Å². The summed E-state index contributed by atoms with van der Waals surface area (Å²) in [4.78, 5) is 76.6. The molecule has 0 spiro atoms. The molecular formula is C29H39N9O9. The van der Waals surface area contributed by atoms with Crippen LogP contribution in [0.25, 0.3) is 0 Å². The van der Waals surface area contributed by atoms with E-state index in [1.54, 1.807) is 7.05 Å². The Bertz CT molecular complexity index is 1630. The lowest BCUT2D eigenvalue weighted by atomic mass is 10.3. The van der Waals surface area contributed by atoms with Crippen LogP contribution in [0.15, 0.2) is 69.0 Å². The molecule has 0 radical (unpaired) electrons. The third-order valence-corrected chi connectivity index (χ3v) is 7.04. The Morgan fingerprint density at radius 3 is 1.13 bits per heavy atom. The second-order valence-corrected chi connectivity index (χ2v) is 10.2. The molecule has 0 unspecified atom stereocenters. The van der Waals surface area contributed by atoms with Crippen LogP contribution >= 0.6 is 0 Å². The first kappa shape index (κ1) is 36.0. The van der Waals surface area contributed by atoms with E-state index < -0.39 is 34.4 Å². The molecule has 3 heterocycles. The quantitative estimate of drug-likeness (QED) is 0.0693. The topological polar surface area (TPSA) is 232 Å². The van der Waals surface area contributed by atoms with Crippen LogP contribution in [0.1, 0.15) is 31.5 Å². The van der Waals surface area contributed by atoms with E-state index in [-0.39, 0.29) is 50.9 Å². The fraction of sp³-hybridized carbons (Fsp3) is 0.379. The molecule has 0 aliphatic rings. The molecule has 47 heavy (non-hydrogen) atoms. The van der Waals surface area contributed by atoms with Crippen LogP contribution in [0.5, 0.6) is 0 Å². The number of hydrogen-bond acceptors (Lipinski definition) is 12. The summed E-state index contributed by atoms with van der Waals surface area (Å²) in [5, 5.41) is 40.7. The van der Waals surface area contributed by atoms with Gasteiger partial charge < -0.3 is 36.9 Å². The van der Waals surface area contributed by atoms with E-state index in [1.165, 1.54) is 36.4 Å². The van der Waals surface area contributed by atoms with E-state index in [0.29, 0.717) is 45.8 Å². The third-order valence-electron chi connectivity index (χ3n) is 7.04. The van der Waals surface area contributed by atoms with Crippen molar-refractivity contribution in [2.45, 2.75) is 0 Å². The smallest absolute Gasteiger partial charge is 0.283 e. The standard InChI is InChI=1S/C29H39N9O9/c1-30-11-15-34(16-12-31-27(42)21-5-2-8-24(39)36(21)45)19-20-35(17-13-32-28(43)22-6-3-9-25(40)37(22)46)18-14-33-29(44)23-7-4-10-26(41)38(23)47/h2-10,30,45-47H,11-20H2,1H3,(H,31,42)(H,32,43)(H,33,44). The molecule has 7 N–H and O–H groups in total. The highest BCUT2D eigenvalue weighted by Crippen LogP contribution is 1.98. The molecule has 18 nitrogen and oxygen atoms in total. The molecule has 3 aromatic heterocycles. The average Bonchev–Trinajstić information content (AvgIpc) is 3.05. The molecule has 0 aliphatic heterocycles. The Labute approximate surface area is 268 Å². The lowest BCUT2D eigenvalue weighted by Gasteiger charge is -2.28. The number of carbonyl (C=O) groups excluding carboxylic acids is 3. The monoisotopic (exact) mass is 657 g/mol. The zero-order chi connectivity index (χ0) is 34.3. The first-order chi connectivity index (χ1) is 22.5. The zero-order valence-electron chi connectivity index (χ0n) is 25.8. The molecule has 3 aromatic rings. The minimum atomic E-state index is -0.755. The lowest BCUT2D eigenvalue weighted by molar-refractivity contribution is 0.0868. The predicted octanol–water partition coefficient (Wildman–Crippen LogP) is -2.70. The normalized spacial score (nSPS) is 11.0. The van der Waals surface area contributed by atoms with Gasteiger partial charge >= 0.3 is 0 Å². The van der Waals surface area contributed by atoms with Crippen LogP contribution in [0, 0.1) is 0 Å². The van der Waals surface area contributed by atoms with Crippen LogP contribution in [0.4, 0.5) is 0 Å². The van der Waals surface area contributed by atoms with Gasteiger partial charge in [0.15, 0.2) is 0 Å². The fourth-order valence-electron chi connectivity index (χ4n) is 4.44. The molecule has 18 heteroatoms. The van der Waals surface area contributed by atoms with Gasteiger partial charge in [-0.05, 0) is 25.2 Å². The third kappa shape index (κ3) is 10.6. The molecule has 0 saturated carbocycles. The Morgan fingerprint density at radius 2 is 0.830 bits per heavy atom. The van der Waals surface area contributed by atoms with E-state index in [0.717, 1.165) is 18.2 Å².